The maximum absolute atomic E-state index is 11.2. The van der Waals surface area contributed by atoms with Crippen LogP contribution in [0.2, 0.25) is 0 Å². The molecule has 0 aromatic rings. The fraction of sp³-hybridized carbons (Fsp3) is 0.800. The first-order chi connectivity index (χ1) is 6.77. The SMILES string of the molecule is CC.N#CC1CCN(C(=O)CI)CC1. The van der Waals surface area contributed by atoms with Crippen LogP contribution in [0.3, 0.4) is 0 Å². The Balaban J connectivity index is 0.000000791. The van der Waals surface area contributed by atoms with Crippen molar-refractivity contribution in [1.29, 1.82) is 5.26 Å². The minimum Gasteiger partial charge on any atom is -0.342 e. The maximum Gasteiger partial charge on any atom is 0.232 e. The second kappa shape index (κ2) is 8.04. The molecule has 0 saturated carbocycles. The molecule has 0 N–H and O–H groups in total. The topological polar surface area (TPSA) is 44.1 Å². The summed E-state index contributed by atoms with van der Waals surface area (Å²) >= 11 is 2.07. The average Bonchev–Trinajstić information content (AvgIpc) is 2.31. The van der Waals surface area contributed by atoms with E-state index >= 15 is 0 Å². The van der Waals surface area contributed by atoms with E-state index in [2.05, 4.69) is 28.7 Å². The Labute approximate surface area is 99.6 Å². The second-order valence-corrected chi connectivity index (χ2v) is 3.68. The zero-order chi connectivity index (χ0) is 11.0. The predicted octanol–water partition coefficient (Wildman–Crippen LogP) is 2.21. The molecule has 3 nitrogen and oxygen atoms in total. The van der Waals surface area contributed by atoms with Crippen LogP contribution in [0.25, 0.3) is 0 Å². The zero-order valence-corrected chi connectivity index (χ0v) is 11.0. The minimum absolute atomic E-state index is 0.170. The molecule has 1 amide bonds. The van der Waals surface area contributed by atoms with Gasteiger partial charge in [0, 0.05) is 19.0 Å². The number of rotatable bonds is 1. The average molecular weight is 308 g/mol. The van der Waals surface area contributed by atoms with Gasteiger partial charge in [0.25, 0.3) is 0 Å². The number of hydrogen-bond acceptors (Lipinski definition) is 2. The molecule has 14 heavy (non-hydrogen) atoms. The first-order valence-electron chi connectivity index (χ1n) is 5.01. The van der Waals surface area contributed by atoms with Crippen LogP contribution in [0, 0.1) is 17.2 Å². The summed E-state index contributed by atoms with van der Waals surface area (Å²) in [6.45, 7) is 5.53. The summed E-state index contributed by atoms with van der Waals surface area (Å²) in [5.41, 5.74) is 0. The lowest BCUT2D eigenvalue weighted by molar-refractivity contribution is -0.129. The number of carbonyl (C=O) groups is 1. The smallest absolute Gasteiger partial charge is 0.232 e. The molecule has 80 valence electrons. The van der Waals surface area contributed by atoms with E-state index in [1.54, 1.807) is 0 Å². The highest BCUT2D eigenvalue weighted by molar-refractivity contribution is 14.1. The van der Waals surface area contributed by atoms with E-state index in [4.69, 9.17) is 5.26 Å². The van der Waals surface area contributed by atoms with Gasteiger partial charge in [0.05, 0.1) is 10.5 Å². The quantitative estimate of drug-likeness (QED) is 0.551. The van der Waals surface area contributed by atoms with E-state index in [9.17, 15) is 4.79 Å². The number of carbonyl (C=O) groups excluding carboxylic acids is 1. The zero-order valence-electron chi connectivity index (χ0n) is 8.79. The third-order valence-corrected chi connectivity index (χ3v) is 2.80. The molecular formula is C10H17IN2O. The van der Waals surface area contributed by atoms with Crippen molar-refractivity contribution in [1.82, 2.24) is 4.90 Å². The summed E-state index contributed by atoms with van der Waals surface area (Å²) in [7, 11) is 0. The van der Waals surface area contributed by atoms with Gasteiger partial charge in [-0.1, -0.05) is 36.4 Å². The molecule has 1 aliphatic heterocycles. The Morgan fingerprint density at radius 2 is 2.00 bits per heavy atom. The van der Waals surface area contributed by atoms with Crippen molar-refractivity contribution in [3.63, 3.8) is 0 Å². The lowest BCUT2D eigenvalue weighted by atomic mass is 9.99. The molecular weight excluding hydrogens is 291 g/mol. The van der Waals surface area contributed by atoms with Crippen LogP contribution in [-0.4, -0.2) is 28.3 Å². The van der Waals surface area contributed by atoms with Crippen molar-refractivity contribution in [2.45, 2.75) is 26.7 Å². The maximum atomic E-state index is 11.2. The number of halogens is 1. The fourth-order valence-corrected chi connectivity index (χ4v) is 1.82. The van der Waals surface area contributed by atoms with Crippen molar-refractivity contribution in [2.75, 3.05) is 17.5 Å². The predicted molar refractivity (Wildman–Crippen MR) is 65.2 cm³/mol. The first-order valence-corrected chi connectivity index (χ1v) is 6.54. The van der Waals surface area contributed by atoms with Gasteiger partial charge in [-0.25, -0.2) is 0 Å². The Kier molecular flexibility index (Phi) is 7.86. The van der Waals surface area contributed by atoms with Crippen molar-refractivity contribution in [2.24, 2.45) is 5.92 Å². The highest BCUT2D eigenvalue weighted by Gasteiger charge is 2.21. The summed E-state index contributed by atoms with van der Waals surface area (Å²) in [5.74, 6) is 0.371. The van der Waals surface area contributed by atoms with Gasteiger partial charge in [0.2, 0.25) is 5.91 Å². The summed E-state index contributed by atoms with van der Waals surface area (Å²) in [6.07, 6.45) is 1.69. The van der Waals surface area contributed by atoms with E-state index in [1.807, 2.05) is 18.7 Å². The highest BCUT2D eigenvalue weighted by Crippen LogP contribution is 2.16. The third kappa shape index (κ3) is 4.27. The van der Waals surface area contributed by atoms with E-state index < -0.39 is 0 Å². The van der Waals surface area contributed by atoms with E-state index in [-0.39, 0.29) is 11.8 Å². The Hall–Kier alpha value is -0.310. The van der Waals surface area contributed by atoms with Crippen molar-refractivity contribution in [3.8, 4) is 6.07 Å². The lowest BCUT2D eigenvalue weighted by Crippen LogP contribution is -2.38. The molecule has 1 heterocycles. The molecule has 0 aliphatic carbocycles. The molecule has 1 aliphatic rings. The number of hydrogen-bond donors (Lipinski definition) is 0. The standard InChI is InChI=1S/C8H11IN2O.C2H6/c9-5-8(12)11-3-1-7(6-10)2-4-11;1-2/h7H,1-5H2;1-2H3. The number of nitriles is 1. The number of nitrogens with zero attached hydrogens (tertiary/aromatic N) is 2. The van der Waals surface area contributed by atoms with Crippen LogP contribution in [-0.2, 0) is 4.79 Å². The molecule has 0 aromatic heterocycles. The summed E-state index contributed by atoms with van der Waals surface area (Å²) in [4.78, 5) is 13.0. The summed E-state index contributed by atoms with van der Waals surface area (Å²) < 4.78 is 0.551. The van der Waals surface area contributed by atoms with Crippen molar-refractivity contribution in [3.05, 3.63) is 0 Å². The van der Waals surface area contributed by atoms with Crippen molar-refractivity contribution < 1.29 is 4.79 Å². The number of alkyl halides is 1. The highest BCUT2D eigenvalue weighted by atomic mass is 127. The first kappa shape index (κ1) is 13.7. The van der Waals surface area contributed by atoms with Gasteiger partial charge in [-0.2, -0.15) is 5.26 Å². The molecule has 0 spiro atoms. The van der Waals surface area contributed by atoms with Gasteiger partial charge in [0.1, 0.15) is 0 Å². The van der Waals surface area contributed by atoms with Gasteiger partial charge in [-0.15, -0.1) is 0 Å². The van der Waals surface area contributed by atoms with E-state index in [1.165, 1.54) is 0 Å². The molecule has 0 radical (unpaired) electrons. The monoisotopic (exact) mass is 308 g/mol. The van der Waals surface area contributed by atoms with Gasteiger partial charge >= 0.3 is 0 Å². The molecule has 1 saturated heterocycles. The van der Waals surface area contributed by atoms with Crippen LogP contribution in [0.4, 0.5) is 0 Å². The van der Waals surface area contributed by atoms with Crippen LogP contribution < -0.4 is 0 Å². The Morgan fingerprint density at radius 1 is 1.50 bits per heavy atom. The lowest BCUT2D eigenvalue weighted by Gasteiger charge is -2.28. The van der Waals surface area contributed by atoms with Gasteiger partial charge < -0.3 is 4.90 Å². The number of likely N-dealkylation sites (tertiary alicyclic amines) is 1. The molecule has 4 heteroatoms. The van der Waals surface area contributed by atoms with Gasteiger partial charge in [-0.3, -0.25) is 4.79 Å². The Bertz CT molecular complexity index is 205. The van der Waals surface area contributed by atoms with Crippen LogP contribution >= 0.6 is 22.6 Å². The summed E-state index contributed by atoms with van der Waals surface area (Å²) in [5, 5.41) is 8.62. The normalized spacial score (nSPS) is 16.6. The van der Waals surface area contributed by atoms with Crippen LogP contribution in [0.1, 0.15) is 26.7 Å². The van der Waals surface area contributed by atoms with E-state index in [0.29, 0.717) is 4.43 Å². The van der Waals surface area contributed by atoms with Gasteiger partial charge in [-0.05, 0) is 12.8 Å². The number of piperidine rings is 1. The van der Waals surface area contributed by atoms with Gasteiger partial charge in [0.15, 0.2) is 0 Å². The van der Waals surface area contributed by atoms with Crippen LogP contribution in [0.5, 0.6) is 0 Å². The number of amides is 1. The molecule has 0 atom stereocenters. The molecule has 0 unspecified atom stereocenters. The Morgan fingerprint density at radius 3 is 2.36 bits per heavy atom. The van der Waals surface area contributed by atoms with E-state index in [0.717, 1.165) is 25.9 Å². The van der Waals surface area contributed by atoms with Crippen LogP contribution in [0.15, 0.2) is 0 Å². The minimum atomic E-state index is 0.170. The second-order valence-electron chi connectivity index (χ2n) is 2.92. The molecule has 0 aromatic carbocycles. The fourth-order valence-electron chi connectivity index (χ4n) is 1.34. The molecule has 1 rings (SSSR count). The third-order valence-electron chi connectivity index (χ3n) is 2.14. The molecule has 0 bridgehead atoms. The van der Waals surface area contributed by atoms with Crippen molar-refractivity contribution >= 4 is 28.5 Å². The summed E-state index contributed by atoms with van der Waals surface area (Å²) in [6, 6.07) is 2.24. The largest absolute Gasteiger partial charge is 0.342 e. The molecule has 1 fully saturated rings.